The molecular formula is C13H24F6O. The first-order chi connectivity index (χ1) is 8.65. The molecule has 1 nitrogen and oxygen atoms in total. The molecule has 0 aliphatic heterocycles. The van der Waals surface area contributed by atoms with Crippen LogP contribution >= 0.6 is 0 Å². The lowest BCUT2D eigenvalue weighted by Gasteiger charge is -2.32. The molecule has 0 bridgehead atoms. The Kier molecular flexibility index (Phi) is 8.84. The Morgan fingerprint density at radius 3 is 1.30 bits per heavy atom. The molecule has 0 aliphatic rings. The molecule has 0 aliphatic carbocycles. The van der Waals surface area contributed by atoms with E-state index < -0.39 is 24.4 Å². The van der Waals surface area contributed by atoms with Gasteiger partial charge >= 0.3 is 12.4 Å². The van der Waals surface area contributed by atoms with Gasteiger partial charge in [0.05, 0.1) is 0 Å². The van der Waals surface area contributed by atoms with Crippen LogP contribution in [0.1, 0.15) is 53.9 Å². The maximum Gasteiger partial charge on any atom is 0.426 e. The van der Waals surface area contributed by atoms with E-state index in [2.05, 4.69) is 20.8 Å². The van der Waals surface area contributed by atoms with Gasteiger partial charge in [-0.25, -0.2) is 0 Å². The fourth-order valence-corrected chi connectivity index (χ4v) is 1.21. The van der Waals surface area contributed by atoms with Crippen LogP contribution in [0.15, 0.2) is 0 Å². The Morgan fingerprint density at radius 1 is 0.800 bits per heavy atom. The average molecular weight is 310 g/mol. The Balaban J connectivity index is 0. The Hall–Kier alpha value is -0.460. The molecular weight excluding hydrogens is 286 g/mol. The summed E-state index contributed by atoms with van der Waals surface area (Å²) in [6.07, 6.45) is -12.9. The van der Waals surface area contributed by atoms with Crippen molar-refractivity contribution in [3.8, 4) is 0 Å². The van der Waals surface area contributed by atoms with Crippen LogP contribution in [0.25, 0.3) is 0 Å². The topological polar surface area (TPSA) is 20.2 Å². The zero-order chi connectivity index (χ0) is 16.8. The van der Waals surface area contributed by atoms with Gasteiger partial charge in [-0.05, 0) is 24.7 Å². The van der Waals surface area contributed by atoms with Crippen molar-refractivity contribution in [1.29, 1.82) is 0 Å². The highest BCUT2D eigenvalue weighted by Gasteiger charge is 2.69. The predicted octanol–water partition coefficient (Wildman–Crippen LogP) is 5.33. The molecule has 20 heavy (non-hydrogen) atoms. The van der Waals surface area contributed by atoms with Crippen LogP contribution < -0.4 is 0 Å². The second kappa shape index (κ2) is 8.10. The van der Waals surface area contributed by atoms with Crippen molar-refractivity contribution in [2.45, 2.75) is 71.8 Å². The van der Waals surface area contributed by atoms with E-state index in [-0.39, 0.29) is 18.8 Å². The van der Waals surface area contributed by atoms with Crippen molar-refractivity contribution in [3.63, 3.8) is 0 Å². The zero-order valence-corrected chi connectivity index (χ0v) is 12.5. The zero-order valence-electron chi connectivity index (χ0n) is 12.5. The minimum Gasteiger partial charge on any atom is -0.374 e. The molecule has 0 saturated heterocycles. The quantitative estimate of drug-likeness (QED) is 0.696. The molecule has 0 heterocycles. The summed E-state index contributed by atoms with van der Waals surface area (Å²) in [5.74, 6) is 0.825. The van der Waals surface area contributed by atoms with Crippen molar-refractivity contribution >= 4 is 0 Å². The van der Waals surface area contributed by atoms with Gasteiger partial charge < -0.3 is 5.11 Å². The standard InChI is InChI=1S/C9H14F6O.C4H10/c1-6(2)4-3-5-7(16,8(10,11)12)9(13,14)15;1-4(2)3/h6,16H,3-5H2,1-2H3;4H,1-3H3. The van der Waals surface area contributed by atoms with E-state index in [4.69, 9.17) is 5.11 Å². The van der Waals surface area contributed by atoms with Gasteiger partial charge in [-0.2, -0.15) is 26.3 Å². The first-order valence-electron chi connectivity index (χ1n) is 6.51. The summed E-state index contributed by atoms with van der Waals surface area (Å²) in [5.41, 5.74) is -4.59. The average Bonchev–Trinajstić information content (AvgIpc) is 2.11. The maximum atomic E-state index is 12.2. The van der Waals surface area contributed by atoms with Crippen LogP contribution in [0, 0.1) is 11.8 Å². The lowest BCUT2D eigenvalue weighted by Crippen LogP contribution is -2.56. The summed E-state index contributed by atoms with van der Waals surface area (Å²) < 4.78 is 72.9. The van der Waals surface area contributed by atoms with Gasteiger partial charge in [0.2, 0.25) is 0 Å². The number of halogens is 6. The summed E-state index contributed by atoms with van der Waals surface area (Å²) in [5, 5.41) is 8.75. The molecule has 0 rings (SSSR count). The monoisotopic (exact) mass is 310 g/mol. The summed E-state index contributed by atoms with van der Waals surface area (Å²) in [6.45, 7) is 9.86. The third-order valence-corrected chi connectivity index (χ3v) is 2.26. The first kappa shape index (κ1) is 21.8. The lowest BCUT2D eigenvalue weighted by atomic mass is 9.93. The number of alkyl halides is 6. The van der Waals surface area contributed by atoms with Crippen LogP contribution in [0.2, 0.25) is 0 Å². The van der Waals surface area contributed by atoms with Gasteiger partial charge in [0, 0.05) is 0 Å². The molecule has 0 spiro atoms. The smallest absolute Gasteiger partial charge is 0.374 e. The fourth-order valence-electron chi connectivity index (χ4n) is 1.21. The number of rotatable bonds is 4. The molecule has 0 unspecified atom stereocenters. The highest BCUT2D eigenvalue weighted by molar-refractivity contribution is 4.93. The van der Waals surface area contributed by atoms with E-state index in [0.717, 1.165) is 5.92 Å². The van der Waals surface area contributed by atoms with Crippen molar-refractivity contribution in [3.05, 3.63) is 0 Å². The maximum absolute atomic E-state index is 12.2. The fraction of sp³-hybridized carbons (Fsp3) is 1.00. The third kappa shape index (κ3) is 7.97. The largest absolute Gasteiger partial charge is 0.426 e. The molecule has 0 fully saturated rings. The van der Waals surface area contributed by atoms with Crippen LogP contribution in [0.3, 0.4) is 0 Å². The van der Waals surface area contributed by atoms with E-state index in [9.17, 15) is 26.3 Å². The van der Waals surface area contributed by atoms with Crippen molar-refractivity contribution in [1.82, 2.24) is 0 Å². The number of aliphatic hydroxyl groups is 1. The SMILES string of the molecule is CC(C)C.CC(C)CCCC(O)(C(F)(F)F)C(F)(F)F. The molecule has 1 N–H and O–H groups in total. The second-order valence-electron chi connectivity index (χ2n) is 5.87. The summed E-state index contributed by atoms with van der Waals surface area (Å²) in [7, 11) is 0. The molecule has 0 aromatic rings. The Labute approximate surface area is 116 Å². The predicted molar refractivity (Wildman–Crippen MR) is 66.3 cm³/mol. The first-order valence-corrected chi connectivity index (χ1v) is 6.51. The lowest BCUT2D eigenvalue weighted by molar-refractivity contribution is -0.370. The molecule has 124 valence electrons. The normalized spacial score (nSPS) is 13.5. The molecule has 0 radical (unpaired) electrons. The van der Waals surface area contributed by atoms with E-state index in [1.807, 2.05) is 0 Å². The molecule has 0 aromatic heterocycles. The number of hydrogen-bond acceptors (Lipinski definition) is 1. The van der Waals surface area contributed by atoms with Crippen molar-refractivity contribution < 1.29 is 31.4 Å². The van der Waals surface area contributed by atoms with E-state index in [0.29, 0.717) is 0 Å². The van der Waals surface area contributed by atoms with E-state index in [1.54, 1.807) is 13.8 Å². The molecule has 0 atom stereocenters. The Bertz CT molecular complexity index is 238. The molecule has 7 heteroatoms. The highest BCUT2D eigenvalue weighted by Crippen LogP contribution is 2.46. The second-order valence-corrected chi connectivity index (χ2v) is 5.87. The van der Waals surface area contributed by atoms with Crippen molar-refractivity contribution in [2.24, 2.45) is 11.8 Å². The minimum atomic E-state index is -5.69. The highest BCUT2D eigenvalue weighted by atomic mass is 19.4. The van der Waals surface area contributed by atoms with Gasteiger partial charge in [-0.1, -0.05) is 41.0 Å². The summed E-state index contributed by atoms with van der Waals surface area (Å²) in [4.78, 5) is 0. The van der Waals surface area contributed by atoms with Crippen molar-refractivity contribution in [2.75, 3.05) is 0 Å². The van der Waals surface area contributed by atoms with E-state index in [1.165, 1.54) is 0 Å². The summed E-state index contributed by atoms with van der Waals surface area (Å²) >= 11 is 0. The van der Waals surface area contributed by atoms with Gasteiger partial charge in [0.15, 0.2) is 0 Å². The van der Waals surface area contributed by atoms with Crippen LogP contribution in [0.5, 0.6) is 0 Å². The molecule has 0 saturated carbocycles. The van der Waals surface area contributed by atoms with Crippen LogP contribution in [-0.4, -0.2) is 23.1 Å². The van der Waals surface area contributed by atoms with Gasteiger partial charge in [-0.15, -0.1) is 0 Å². The number of hydrogen-bond donors (Lipinski definition) is 1. The van der Waals surface area contributed by atoms with Crippen LogP contribution in [0.4, 0.5) is 26.3 Å². The minimum absolute atomic E-state index is 0.00860. The van der Waals surface area contributed by atoms with Gasteiger partial charge in [0.25, 0.3) is 5.60 Å². The summed E-state index contributed by atoms with van der Waals surface area (Å²) in [6, 6.07) is 0. The molecule has 0 amide bonds. The van der Waals surface area contributed by atoms with E-state index >= 15 is 0 Å². The van der Waals surface area contributed by atoms with Crippen LogP contribution in [-0.2, 0) is 0 Å². The van der Waals surface area contributed by atoms with Gasteiger partial charge in [0.1, 0.15) is 0 Å². The third-order valence-electron chi connectivity index (χ3n) is 2.26. The molecule has 0 aromatic carbocycles. The van der Waals surface area contributed by atoms with Gasteiger partial charge in [-0.3, -0.25) is 0 Å². The Morgan fingerprint density at radius 2 is 1.10 bits per heavy atom.